The van der Waals surface area contributed by atoms with E-state index in [-0.39, 0.29) is 29.2 Å². The maximum absolute atomic E-state index is 12.8. The van der Waals surface area contributed by atoms with Crippen LogP contribution in [0.1, 0.15) is 15.9 Å². The Morgan fingerprint density at radius 3 is 2.26 bits per heavy atom. The molecule has 1 aliphatic rings. The van der Waals surface area contributed by atoms with Crippen molar-refractivity contribution in [2.45, 2.75) is 11.8 Å². The molecule has 0 unspecified atom stereocenters. The summed E-state index contributed by atoms with van der Waals surface area (Å²) in [5, 5.41) is 2.61. The number of anilines is 2. The van der Waals surface area contributed by atoms with Crippen LogP contribution in [0.15, 0.2) is 47.4 Å². The molecular formula is C22H27N3O8S2. The van der Waals surface area contributed by atoms with E-state index in [2.05, 4.69) is 10.1 Å². The van der Waals surface area contributed by atoms with Crippen molar-refractivity contribution in [2.75, 3.05) is 55.8 Å². The fourth-order valence-corrected chi connectivity index (χ4v) is 5.71. The lowest BCUT2D eigenvalue weighted by Gasteiger charge is -2.26. The molecule has 1 aliphatic heterocycles. The number of nitrogens with one attached hydrogen (secondary N) is 1. The van der Waals surface area contributed by atoms with E-state index < -0.39 is 38.5 Å². The highest BCUT2D eigenvalue weighted by molar-refractivity contribution is 7.92. The normalized spacial score (nSPS) is 14.8. The van der Waals surface area contributed by atoms with E-state index in [4.69, 9.17) is 4.74 Å². The fourth-order valence-electron chi connectivity index (χ4n) is 3.44. The zero-order valence-corrected chi connectivity index (χ0v) is 21.2. The van der Waals surface area contributed by atoms with E-state index in [1.807, 2.05) is 0 Å². The van der Waals surface area contributed by atoms with Crippen LogP contribution in [0.25, 0.3) is 0 Å². The highest BCUT2D eigenvalue weighted by Crippen LogP contribution is 2.24. The number of nitrogens with zero attached hydrogens (tertiary/aromatic N) is 2. The molecule has 1 fully saturated rings. The number of hydrogen-bond acceptors (Lipinski definition) is 8. The van der Waals surface area contributed by atoms with Crippen LogP contribution in [-0.4, -0.2) is 79.2 Å². The van der Waals surface area contributed by atoms with E-state index in [0.29, 0.717) is 24.5 Å². The summed E-state index contributed by atoms with van der Waals surface area (Å²) in [7, 11) is -6.40. The zero-order chi connectivity index (χ0) is 25.8. The number of esters is 1. The smallest absolute Gasteiger partial charge is 0.337 e. The SMILES string of the molecule is COC(=O)c1ccc(C)c(NC(=O)CN(c2ccc(S(=O)(=O)N3CCOCC3)cc2)S(C)(=O)=O)c1. The number of methoxy groups -OCH3 is 1. The Balaban J connectivity index is 1.80. The van der Waals surface area contributed by atoms with Gasteiger partial charge in [0.05, 0.1) is 42.7 Å². The first-order valence-corrected chi connectivity index (χ1v) is 13.9. The minimum absolute atomic E-state index is 0.0105. The van der Waals surface area contributed by atoms with Crippen LogP contribution in [-0.2, 0) is 34.3 Å². The maximum Gasteiger partial charge on any atom is 0.337 e. The first-order chi connectivity index (χ1) is 16.4. The van der Waals surface area contributed by atoms with E-state index >= 15 is 0 Å². The number of ether oxygens (including phenoxy) is 2. The molecule has 0 aromatic heterocycles. The van der Waals surface area contributed by atoms with Crippen molar-refractivity contribution in [2.24, 2.45) is 0 Å². The molecule has 1 N–H and O–H groups in total. The lowest BCUT2D eigenvalue weighted by molar-refractivity contribution is -0.114. The van der Waals surface area contributed by atoms with Crippen molar-refractivity contribution in [1.82, 2.24) is 4.31 Å². The van der Waals surface area contributed by atoms with Crippen molar-refractivity contribution in [3.8, 4) is 0 Å². The minimum Gasteiger partial charge on any atom is -0.465 e. The number of benzene rings is 2. The topological polar surface area (TPSA) is 139 Å². The van der Waals surface area contributed by atoms with Gasteiger partial charge in [-0.25, -0.2) is 21.6 Å². The Bertz CT molecular complexity index is 1300. The zero-order valence-electron chi connectivity index (χ0n) is 19.6. The largest absolute Gasteiger partial charge is 0.465 e. The molecular weight excluding hydrogens is 498 g/mol. The molecule has 13 heteroatoms. The first-order valence-electron chi connectivity index (χ1n) is 10.6. The molecule has 190 valence electrons. The Labute approximate surface area is 204 Å². The summed E-state index contributed by atoms with van der Waals surface area (Å²) in [5.74, 6) is -1.23. The van der Waals surface area contributed by atoms with Gasteiger partial charge < -0.3 is 14.8 Å². The van der Waals surface area contributed by atoms with Gasteiger partial charge >= 0.3 is 5.97 Å². The van der Waals surface area contributed by atoms with Crippen LogP contribution in [0, 0.1) is 6.92 Å². The molecule has 0 spiro atoms. The molecule has 2 aromatic carbocycles. The monoisotopic (exact) mass is 525 g/mol. The molecule has 0 bridgehead atoms. The molecule has 0 saturated carbocycles. The molecule has 3 rings (SSSR count). The van der Waals surface area contributed by atoms with E-state index in [0.717, 1.165) is 10.6 Å². The average molecular weight is 526 g/mol. The highest BCUT2D eigenvalue weighted by atomic mass is 32.2. The minimum atomic E-state index is -3.89. The van der Waals surface area contributed by atoms with Crippen molar-refractivity contribution < 1.29 is 35.9 Å². The molecule has 0 aliphatic carbocycles. The van der Waals surface area contributed by atoms with Gasteiger partial charge in [-0.15, -0.1) is 0 Å². The van der Waals surface area contributed by atoms with Crippen molar-refractivity contribution in [3.05, 3.63) is 53.6 Å². The van der Waals surface area contributed by atoms with Gasteiger partial charge in [-0.2, -0.15) is 4.31 Å². The van der Waals surface area contributed by atoms with Crippen LogP contribution in [0.5, 0.6) is 0 Å². The van der Waals surface area contributed by atoms with Crippen LogP contribution in [0.2, 0.25) is 0 Å². The van der Waals surface area contributed by atoms with E-state index in [1.165, 1.54) is 41.7 Å². The summed E-state index contributed by atoms with van der Waals surface area (Å²) in [4.78, 5) is 24.5. The Morgan fingerprint density at radius 1 is 1.06 bits per heavy atom. The van der Waals surface area contributed by atoms with Crippen LogP contribution in [0.3, 0.4) is 0 Å². The molecule has 1 heterocycles. The van der Waals surface area contributed by atoms with E-state index in [9.17, 15) is 26.4 Å². The maximum atomic E-state index is 12.8. The average Bonchev–Trinajstić information content (AvgIpc) is 2.83. The predicted octanol–water partition coefficient (Wildman–Crippen LogP) is 1.21. The predicted molar refractivity (Wildman–Crippen MR) is 129 cm³/mol. The van der Waals surface area contributed by atoms with Gasteiger partial charge in [-0.3, -0.25) is 9.10 Å². The van der Waals surface area contributed by atoms with Crippen LogP contribution in [0.4, 0.5) is 11.4 Å². The van der Waals surface area contributed by atoms with Crippen LogP contribution >= 0.6 is 0 Å². The van der Waals surface area contributed by atoms with Gasteiger partial charge in [0.2, 0.25) is 26.0 Å². The third-order valence-corrected chi connectivity index (χ3v) is 8.41. The molecule has 2 aromatic rings. The summed E-state index contributed by atoms with van der Waals surface area (Å²) in [6.07, 6.45) is 0.946. The second-order valence-corrected chi connectivity index (χ2v) is 11.7. The van der Waals surface area contributed by atoms with Crippen molar-refractivity contribution in [3.63, 3.8) is 0 Å². The number of sulfonamides is 2. The number of amides is 1. The molecule has 1 amide bonds. The van der Waals surface area contributed by atoms with Gasteiger partial charge in [-0.05, 0) is 48.9 Å². The molecule has 35 heavy (non-hydrogen) atoms. The Kier molecular flexibility index (Phi) is 8.15. The number of aryl methyl sites for hydroxylation is 1. The number of carbonyl (C=O) groups excluding carboxylic acids is 2. The highest BCUT2D eigenvalue weighted by Gasteiger charge is 2.27. The number of rotatable bonds is 8. The Hall–Kier alpha value is -3.00. The van der Waals surface area contributed by atoms with Gasteiger partial charge in [0.1, 0.15) is 6.54 Å². The quantitative estimate of drug-likeness (QED) is 0.508. The second kappa shape index (κ2) is 10.7. The first kappa shape index (κ1) is 26.6. The van der Waals surface area contributed by atoms with Crippen LogP contribution < -0.4 is 9.62 Å². The summed E-state index contributed by atoms with van der Waals surface area (Å²) in [6.45, 7) is 2.23. The van der Waals surface area contributed by atoms with Gasteiger partial charge in [0.15, 0.2) is 0 Å². The third kappa shape index (κ3) is 6.36. The van der Waals surface area contributed by atoms with Gasteiger partial charge in [0, 0.05) is 18.8 Å². The summed E-state index contributed by atoms with van der Waals surface area (Å²) in [6, 6.07) is 9.90. The second-order valence-electron chi connectivity index (χ2n) is 7.85. The Morgan fingerprint density at radius 2 is 1.69 bits per heavy atom. The van der Waals surface area contributed by atoms with Gasteiger partial charge in [-0.1, -0.05) is 6.07 Å². The molecule has 1 saturated heterocycles. The standard InChI is InChI=1S/C22H27N3O8S2/c1-16-4-5-17(22(27)32-2)14-20(16)23-21(26)15-25(34(3,28)29)18-6-8-19(9-7-18)35(30,31)24-10-12-33-13-11-24/h4-9,14H,10-13,15H2,1-3H3,(H,23,26). The molecule has 11 nitrogen and oxygen atoms in total. The van der Waals surface area contributed by atoms with E-state index in [1.54, 1.807) is 19.1 Å². The lowest BCUT2D eigenvalue weighted by Crippen LogP contribution is -2.40. The molecule has 0 atom stereocenters. The van der Waals surface area contributed by atoms with Crippen molar-refractivity contribution in [1.29, 1.82) is 0 Å². The van der Waals surface area contributed by atoms with Gasteiger partial charge in [0.25, 0.3) is 0 Å². The summed E-state index contributed by atoms with van der Waals surface area (Å²) < 4.78 is 62.6. The summed E-state index contributed by atoms with van der Waals surface area (Å²) >= 11 is 0. The number of morpholine rings is 1. The summed E-state index contributed by atoms with van der Waals surface area (Å²) in [5.41, 5.74) is 1.35. The molecule has 0 radical (unpaired) electrons. The third-order valence-electron chi connectivity index (χ3n) is 5.35. The fraction of sp³-hybridized carbons (Fsp3) is 0.364. The van der Waals surface area contributed by atoms with Crippen molar-refractivity contribution >= 4 is 43.3 Å². The number of carbonyl (C=O) groups is 2. The number of hydrogen-bond donors (Lipinski definition) is 1. The lowest BCUT2D eigenvalue weighted by atomic mass is 10.1.